The molecule has 61 heavy (non-hydrogen) atoms. The molecule has 1 aliphatic heterocycles. The Balaban J connectivity index is 0.000000316. The quantitative estimate of drug-likeness (QED) is 0.0344. The van der Waals surface area contributed by atoms with Gasteiger partial charge in [-0.3, -0.25) is 4.79 Å². The van der Waals surface area contributed by atoms with Gasteiger partial charge in [-0.05, 0) is 155 Å². The molecule has 0 saturated heterocycles. The van der Waals surface area contributed by atoms with Crippen molar-refractivity contribution in [2.24, 2.45) is 16.2 Å². The van der Waals surface area contributed by atoms with Crippen molar-refractivity contribution in [2.75, 3.05) is 27.9 Å². The summed E-state index contributed by atoms with van der Waals surface area (Å²) in [7, 11) is 4.19. The molecule has 1 unspecified atom stereocenters. The molecule has 0 aromatic rings. The molecule has 4 aliphatic rings. The Morgan fingerprint density at radius 3 is 1.66 bits per heavy atom. The van der Waals surface area contributed by atoms with E-state index in [1.165, 1.54) is 92.9 Å². The summed E-state index contributed by atoms with van der Waals surface area (Å²) in [6.45, 7) is 25.4. The van der Waals surface area contributed by atoms with Crippen LogP contribution in [0.3, 0.4) is 0 Å². The molecule has 0 spiro atoms. The van der Waals surface area contributed by atoms with Crippen LogP contribution in [0.5, 0.6) is 0 Å². The molecule has 0 saturated carbocycles. The summed E-state index contributed by atoms with van der Waals surface area (Å²) >= 11 is 0. The van der Waals surface area contributed by atoms with Crippen molar-refractivity contribution < 1.29 is 33.4 Å². The Labute approximate surface area is 369 Å². The minimum Gasteiger partial charge on any atom is -0.465 e. The van der Waals surface area contributed by atoms with E-state index in [1.54, 1.807) is 6.08 Å². The minimum absolute atomic E-state index is 0.112. The third-order valence-corrected chi connectivity index (χ3v) is 12.7. The third-order valence-electron chi connectivity index (χ3n) is 12.7. The lowest BCUT2D eigenvalue weighted by molar-refractivity contribution is -0.136. The predicted octanol–water partition coefficient (Wildman–Crippen LogP) is 12.6. The molecule has 1 heterocycles. The lowest BCUT2D eigenvalue weighted by Crippen LogP contribution is -2.40. The fourth-order valence-electron chi connectivity index (χ4n) is 9.24. The van der Waals surface area contributed by atoms with Crippen LogP contribution in [0.25, 0.3) is 0 Å². The van der Waals surface area contributed by atoms with Crippen LogP contribution in [0, 0.1) is 16.2 Å². The number of likely N-dealkylation sites (N-methyl/N-ethyl adjacent to an activating group) is 1. The van der Waals surface area contributed by atoms with Crippen LogP contribution in [0.2, 0.25) is 0 Å². The number of hydrogen-bond donors (Lipinski definition) is 0. The second kappa shape index (κ2) is 24.8. The second-order valence-electron chi connectivity index (χ2n) is 18.7. The first-order valence-corrected chi connectivity index (χ1v) is 22.5. The van der Waals surface area contributed by atoms with Crippen molar-refractivity contribution in [3.8, 4) is 0 Å². The van der Waals surface area contributed by atoms with E-state index >= 15 is 0 Å². The van der Waals surface area contributed by atoms with Crippen LogP contribution in [0.15, 0.2) is 105 Å². The van der Waals surface area contributed by atoms with Gasteiger partial charge in [0, 0.05) is 12.7 Å². The van der Waals surface area contributed by atoms with E-state index in [0.29, 0.717) is 17.4 Å². The summed E-state index contributed by atoms with van der Waals surface area (Å²) in [5.74, 6) is -0.983. The van der Waals surface area contributed by atoms with Crippen molar-refractivity contribution in [1.82, 2.24) is 4.90 Å². The maximum atomic E-state index is 11.9. The van der Waals surface area contributed by atoms with Gasteiger partial charge in [0.15, 0.2) is 0 Å². The van der Waals surface area contributed by atoms with Crippen molar-refractivity contribution in [2.45, 2.75) is 159 Å². The Hall–Kier alpha value is -4.46. The van der Waals surface area contributed by atoms with E-state index in [2.05, 4.69) is 97.9 Å². The normalized spacial score (nSPS) is 21.3. The molecule has 4 rings (SSSR count). The van der Waals surface area contributed by atoms with Crippen molar-refractivity contribution in [3.63, 3.8) is 0 Å². The molecule has 1 atom stereocenters. The monoisotopic (exact) mass is 842 g/mol. The number of allylic oxidation sites excluding steroid dienone is 9. The lowest BCUT2D eigenvalue weighted by atomic mass is 9.69. The topological polar surface area (TPSA) is 99.2 Å². The molecular formula is C53H79NO7. The molecule has 0 N–H and O–H groups in total. The summed E-state index contributed by atoms with van der Waals surface area (Å²) in [5.41, 5.74) is 10.5. The number of rotatable bonds is 13. The fraction of sp³-hybridized carbons (Fsp3) is 0.585. The SMILES string of the molecule is CCCC/C=C(\C=C\C1=C(C)CCCC1(C)C)C(=O)OC.CCN1C=CC(C(=O)OC)=CC1C1=C(C)CCCC1(C)C.COC(=O)C(/C=C/C1=C(C)CCCC1(C)C)=C/C=O. The first kappa shape index (κ1) is 52.7. The van der Waals surface area contributed by atoms with E-state index in [9.17, 15) is 19.2 Å². The summed E-state index contributed by atoms with van der Waals surface area (Å²) in [6, 6.07) is 0.171. The van der Waals surface area contributed by atoms with Crippen molar-refractivity contribution >= 4 is 24.2 Å². The Morgan fingerprint density at radius 2 is 1.21 bits per heavy atom. The third kappa shape index (κ3) is 15.4. The zero-order chi connectivity index (χ0) is 46.0. The van der Waals surface area contributed by atoms with Gasteiger partial charge in [0.25, 0.3) is 0 Å². The van der Waals surface area contributed by atoms with Gasteiger partial charge in [0.2, 0.25) is 0 Å². The lowest BCUT2D eigenvalue weighted by Gasteiger charge is -2.43. The van der Waals surface area contributed by atoms with Crippen LogP contribution in [-0.2, 0) is 33.4 Å². The summed E-state index contributed by atoms with van der Waals surface area (Å²) < 4.78 is 14.4. The van der Waals surface area contributed by atoms with Gasteiger partial charge in [-0.1, -0.05) is 96.3 Å². The first-order valence-electron chi connectivity index (χ1n) is 22.5. The molecule has 8 heteroatoms. The summed E-state index contributed by atoms with van der Waals surface area (Å²) in [5, 5.41) is 0. The maximum absolute atomic E-state index is 11.9. The number of methoxy groups -OCH3 is 3. The maximum Gasteiger partial charge on any atom is 0.337 e. The van der Waals surface area contributed by atoms with E-state index in [4.69, 9.17) is 9.47 Å². The molecule has 0 aromatic carbocycles. The first-order chi connectivity index (χ1) is 28.7. The van der Waals surface area contributed by atoms with Crippen LogP contribution >= 0.6 is 0 Å². The van der Waals surface area contributed by atoms with E-state index < -0.39 is 5.97 Å². The number of carbonyl (C=O) groups excluding carboxylic acids is 4. The zero-order valence-electron chi connectivity index (χ0n) is 40.3. The molecule has 0 radical (unpaired) electrons. The highest BCUT2D eigenvalue weighted by molar-refractivity contribution is 5.95. The average Bonchev–Trinajstić information content (AvgIpc) is 3.21. The van der Waals surface area contributed by atoms with Crippen LogP contribution in [0.4, 0.5) is 0 Å². The molecule has 8 nitrogen and oxygen atoms in total. The summed E-state index contributed by atoms with van der Waals surface area (Å²) in [6.07, 6.45) is 31.3. The molecule has 3 aliphatic carbocycles. The minimum atomic E-state index is -0.491. The van der Waals surface area contributed by atoms with E-state index in [1.807, 2.05) is 30.5 Å². The largest absolute Gasteiger partial charge is 0.465 e. The molecule has 0 fully saturated rings. The van der Waals surface area contributed by atoms with Gasteiger partial charge >= 0.3 is 17.9 Å². The molecular weight excluding hydrogens is 763 g/mol. The van der Waals surface area contributed by atoms with Gasteiger partial charge in [-0.25, -0.2) is 14.4 Å². The van der Waals surface area contributed by atoms with Crippen LogP contribution in [0.1, 0.15) is 153 Å². The zero-order valence-corrected chi connectivity index (χ0v) is 40.3. The standard InChI is InChI=1S/C19H30O2.C18H27NO2.C16H22O3/c1-6-7-8-11-16(18(20)21-5)12-13-17-15(2)10-9-14-19(17,3)4;1-6-19-11-9-14(17(20)21-5)12-15(19)16-13(2)8-7-10-18(16,3)4;1-12-6-5-10-16(2,3)14(12)8-7-13(9-11-17)15(18)19-4/h11-13H,6-10,14H2,1-5H3;9,11-12,15H,6-8,10H2,1-5H3;7-9,11H,5-6,10H2,1-4H3/b13-12+,16-11+;;8-7+,13-9+. The summed E-state index contributed by atoms with van der Waals surface area (Å²) in [4.78, 5) is 48.1. The number of unbranched alkanes of at least 4 members (excludes halogenated alkanes) is 2. The van der Waals surface area contributed by atoms with Gasteiger partial charge in [0.05, 0.1) is 44.1 Å². The Bertz CT molecular complexity index is 1820. The smallest absolute Gasteiger partial charge is 0.337 e. The molecule has 0 aromatic heterocycles. The van der Waals surface area contributed by atoms with Gasteiger partial charge < -0.3 is 19.1 Å². The van der Waals surface area contributed by atoms with Crippen molar-refractivity contribution in [1.29, 1.82) is 0 Å². The molecule has 0 amide bonds. The number of nitrogens with zero attached hydrogens (tertiary/aromatic N) is 1. The fourth-order valence-corrected chi connectivity index (χ4v) is 9.24. The van der Waals surface area contributed by atoms with Gasteiger partial charge in [-0.15, -0.1) is 0 Å². The Morgan fingerprint density at radius 1 is 0.721 bits per heavy atom. The highest BCUT2D eigenvalue weighted by Gasteiger charge is 2.36. The Kier molecular flexibility index (Phi) is 21.5. The predicted molar refractivity (Wildman–Crippen MR) is 250 cm³/mol. The number of esters is 3. The number of aldehydes is 1. The number of ether oxygens (including phenoxy) is 3. The number of hydrogen-bond acceptors (Lipinski definition) is 8. The highest BCUT2D eigenvalue weighted by Crippen LogP contribution is 2.45. The van der Waals surface area contributed by atoms with Crippen LogP contribution in [-0.4, -0.2) is 63.0 Å². The van der Waals surface area contributed by atoms with Gasteiger partial charge in [-0.2, -0.15) is 0 Å². The highest BCUT2D eigenvalue weighted by atomic mass is 16.5. The van der Waals surface area contributed by atoms with Gasteiger partial charge in [0.1, 0.15) is 6.29 Å². The molecule has 338 valence electrons. The van der Waals surface area contributed by atoms with E-state index in [-0.39, 0.29) is 39.8 Å². The average molecular weight is 842 g/mol. The van der Waals surface area contributed by atoms with E-state index in [0.717, 1.165) is 51.5 Å². The molecule has 0 bridgehead atoms. The second-order valence-corrected chi connectivity index (χ2v) is 18.7. The van der Waals surface area contributed by atoms with Crippen molar-refractivity contribution in [3.05, 3.63) is 105 Å². The number of carbonyl (C=O) groups is 4. The van der Waals surface area contributed by atoms with Crippen LogP contribution < -0.4 is 0 Å².